The first-order valence-corrected chi connectivity index (χ1v) is 8.48. The van der Waals surface area contributed by atoms with Gasteiger partial charge in [-0.25, -0.2) is 14.1 Å². The molecule has 3 rings (SSSR count). The van der Waals surface area contributed by atoms with Crippen LogP contribution in [-0.4, -0.2) is 26.4 Å². The minimum Gasteiger partial charge on any atom is -0.494 e. The van der Waals surface area contributed by atoms with Crippen LogP contribution < -0.4 is 10.3 Å². The molecule has 0 spiro atoms. The Kier molecular flexibility index (Phi) is 4.40. The summed E-state index contributed by atoms with van der Waals surface area (Å²) in [6.45, 7) is 6.16. The van der Waals surface area contributed by atoms with E-state index in [1.165, 1.54) is 30.1 Å². The summed E-state index contributed by atoms with van der Waals surface area (Å²) in [7, 11) is 1.41. The molecule has 0 unspecified atom stereocenters. The van der Waals surface area contributed by atoms with Gasteiger partial charge in [-0.2, -0.15) is 5.10 Å². The Balaban J connectivity index is 2.07. The first-order chi connectivity index (χ1) is 11.7. The Hall–Kier alpha value is -2.22. The van der Waals surface area contributed by atoms with Crippen molar-refractivity contribution in [2.45, 2.75) is 32.9 Å². The van der Waals surface area contributed by atoms with Crippen LogP contribution in [0.2, 0.25) is 0 Å². The van der Waals surface area contributed by atoms with Crippen LogP contribution in [0.3, 0.4) is 0 Å². The van der Waals surface area contributed by atoms with Crippen molar-refractivity contribution in [3.8, 4) is 5.75 Å². The summed E-state index contributed by atoms with van der Waals surface area (Å²) in [4.78, 5) is 17.2. The number of rotatable bonds is 3. The minimum absolute atomic E-state index is 0.166. The van der Waals surface area contributed by atoms with Crippen molar-refractivity contribution in [3.63, 3.8) is 0 Å². The third-order valence-electron chi connectivity index (χ3n) is 3.82. The second-order valence-corrected chi connectivity index (χ2v) is 7.47. The first-order valence-electron chi connectivity index (χ1n) is 7.69. The number of halogens is 2. The normalized spacial score (nSPS) is 11.9. The molecule has 0 aliphatic carbocycles. The predicted octanol–water partition coefficient (Wildman–Crippen LogP) is 3.31. The maximum absolute atomic E-state index is 13.9. The van der Waals surface area contributed by atoms with Gasteiger partial charge in [0.05, 0.1) is 19.2 Å². The fourth-order valence-electron chi connectivity index (χ4n) is 2.59. The van der Waals surface area contributed by atoms with E-state index in [0.29, 0.717) is 21.2 Å². The van der Waals surface area contributed by atoms with Crippen molar-refractivity contribution in [3.05, 3.63) is 50.9 Å². The van der Waals surface area contributed by atoms with E-state index in [0.717, 1.165) is 0 Å². The molecule has 0 saturated carbocycles. The topological polar surface area (TPSA) is 61.9 Å². The molecule has 1 aromatic carbocycles. The lowest BCUT2D eigenvalue weighted by molar-refractivity contribution is 0.364. The number of ether oxygens (including phenoxy) is 1. The number of fused-ring (bicyclic) bond motifs is 1. The van der Waals surface area contributed by atoms with Gasteiger partial charge in [-0.3, -0.25) is 9.36 Å². The number of hydrogen-bond donors (Lipinski definition) is 0. The van der Waals surface area contributed by atoms with Gasteiger partial charge in [0.15, 0.2) is 17.2 Å². The van der Waals surface area contributed by atoms with E-state index in [4.69, 9.17) is 4.74 Å². The largest absolute Gasteiger partial charge is 0.494 e. The van der Waals surface area contributed by atoms with Gasteiger partial charge in [0.1, 0.15) is 16.3 Å². The lowest BCUT2D eigenvalue weighted by Crippen LogP contribution is -2.25. The highest BCUT2D eigenvalue weighted by atomic mass is 79.9. The molecule has 0 saturated heterocycles. The summed E-state index contributed by atoms with van der Waals surface area (Å²) in [5.41, 5.74) is 0.612. The van der Waals surface area contributed by atoms with Crippen LogP contribution >= 0.6 is 15.9 Å². The van der Waals surface area contributed by atoms with Crippen LogP contribution in [0, 0.1) is 5.82 Å². The van der Waals surface area contributed by atoms with Crippen LogP contribution in [0.5, 0.6) is 5.75 Å². The van der Waals surface area contributed by atoms with Gasteiger partial charge in [-0.15, -0.1) is 0 Å². The van der Waals surface area contributed by atoms with Gasteiger partial charge in [0, 0.05) is 0 Å². The Morgan fingerprint density at radius 1 is 1.32 bits per heavy atom. The van der Waals surface area contributed by atoms with Crippen molar-refractivity contribution in [2.24, 2.45) is 0 Å². The van der Waals surface area contributed by atoms with E-state index >= 15 is 0 Å². The van der Waals surface area contributed by atoms with E-state index in [1.54, 1.807) is 10.7 Å². The van der Waals surface area contributed by atoms with Crippen LogP contribution in [0.25, 0.3) is 11.0 Å². The molecule has 0 N–H and O–H groups in total. The first kappa shape index (κ1) is 17.6. The number of hydrogen-bond acceptors (Lipinski definition) is 4. The zero-order valence-electron chi connectivity index (χ0n) is 14.4. The molecule has 132 valence electrons. The van der Waals surface area contributed by atoms with Crippen molar-refractivity contribution >= 4 is 27.0 Å². The molecular formula is C17H18BrFN4O2. The molecule has 0 aliphatic rings. The summed E-state index contributed by atoms with van der Waals surface area (Å²) >= 11 is 3.35. The molecule has 3 aromatic rings. The fraction of sp³-hybridized carbons (Fsp3) is 0.353. The van der Waals surface area contributed by atoms with Crippen LogP contribution in [0.4, 0.5) is 4.39 Å². The quantitative estimate of drug-likeness (QED) is 0.666. The SMILES string of the molecule is COc1ccc(Cn2cnc3c(c(Br)nn3C(C)(C)C)c2=O)cc1F. The molecule has 0 bridgehead atoms. The molecule has 2 heterocycles. The molecule has 0 amide bonds. The minimum atomic E-state index is -0.469. The summed E-state index contributed by atoms with van der Waals surface area (Å²) < 4.78 is 22.4. The molecular weight excluding hydrogens is 391 g/mol. The Bertz CT molecular complexity index is 1000. The molecule has 8 heteroatoms. The van der Waals surface area contributed by atoms with E-state index in [1.807, 2.05) is 20.8 Å². The number of nitrogens with zero attached hydrogens (tertiary/aromatic N) is 4. The number of benzene rings is 1. The third-order valence-corrected chi connectivity index (χ3v) is 4.37. The van der Waals surface area contributed by atoms with Gasteiger partial charge >= 0.3 is 0 Å². The maximum Gasteiger partial charge on any atom is 0.265 e. The summed E-state index contributed by atoms with van der Waals surface area (Å²) in [6, 6.07) is 4.60. The monoisotopic (exact) mass is 408 g/mol. The molecule has 0 fully saturated rings. The highest BCUT2D eigenvalue weighted by molar-refractivity contribution is 9.10. The predicted molar refractivity (Wildman–Crippen MR) is 96.5 cm³/mol. The van der Waals surface area contributed by atoms with E-state index in [2.05, 4.69) is 26.0 Å². The van der Waals surface area contributed by atoms with E-state index < -0.39 is 5.82 Å². The van der Waals surface area contributed by atoms with Crippen LogP contribution in [-0.2, 0) is 12.1 Å². The van der Waals surface area contributed by atoms with E-state index in [-0.39, 0.29) is 23.4 Å². The Morgan fingerprint density at radius 2 is 2.04 bits per heavy atom. The smallest absolute Gasteiger partial charge is 0.265 e. The highest BCUT2D eigenvalue weighted by Crippen LogP contribution is 2.24. The van der Waals surface area contributed by atoms with Gasteiger partial charge in [-0.1, -0.05) is 6.07 Å². The summed E-state index contributed by atoms with van der Waals surface area (Å²) in [6.07, 6.45) is 1.46. The standard InChI is InChI=1S/C17H18BrFN4O2/c1-17(2,3)23-15-13(14(18)21-23)16(24)22(9-20-15)8-10-5-6-12(25-4)11(19)7-10/h5-7,9H,8H2,1-4H3. The van der Waals surface area contributed by atoms with Crippen molar-refractivity contribution in [1.82, 2.24) is 19.3 Å². The van der Waals surface area contributed by atoms with Gasteiger partial charge in [0.25, 0.3) is 5.56 Å². The fourth-order valence-corrected chi connectivity index (χ4v) is 3.10. The number of methoxy groups -OCH3 is 1. The van der Waals surface area contributed by atoms with Crippen LogP contribution in [0.1, 0.15) is 26.3 Å². The second kappa shape index (κ2) is 6.25. The Labute approximate surface area is 152 Å². The molecule has 0 atom stereocenters. The summed E-state index contributed by atoms with van der Waals surface area (Å²) in [5, 5.41) is 4.80. The van der Waals surface area contributed by atoms with Crippen molar-refractivity contribution in [1.29, 1.82) is 0 Å². The van der Waals surface area contributed by atoms with Gasteiger partial charge in [0.2, 0.25) is 0 Å². The number of aromatic nitrogens is 4. The zero-order chi connectivity index (χ0) is 18.4. The highest BCUT2D eigenvalue weighted by Gasteiger charge is 2.23. The second-order valence-electron chi connectivity index (χ2n) is 6.72. The molecule has 0 radical (unpaired) electrons. The molecule has 25 heavy (non-hydrogen) atoms. The van der Waals surface area contributed by atoms with Crippen LogP contribution in [0.15, 0.2) is 33.9 Å². The lowest BCUT2D eigenvalue weighted by atomic mass is 10.1. The average molecular weight is 409 g/mol. The zero-order valence-corrected chi connectivity index (χ0v) is 16.0. The van der Waals surface area contributed by atoms with Gasteiger partial charge < -0.3 is 4.74 Å². The van der Waals surface area contributed by atoms with Crippen molar-refractivity contribution < 1.29 is 9.13 Å². The third kappa shape index (κ3) is 3.18. The molecule has 2 aromatic heterocycles. The molecule has 6 nitrogen and oxygen atoms in total. The van der Waals surface area contributed by atoms with Gasteiger partial charge in [-0.05, 0) is 54.4 Å². The molecule has 0 aliphatic heterocycles. The Morgan fingerprint density at radius 3 is 2.64 bits per heavy atom. The maximum atomic E-state index is 13.9. The lowest BCUT2D eigenvalue weighted by Gasteiger charge is -2.19. The summed E-state index contributed by atoms with van der Waals surface area (Å²) in [5.74, 6) is -0.303. The average Bonchev–Trinajstić information content (AvgIpc) is 2.88. The van der Waals surface area contributed by atoms with E-state index in [9.17, 15) is 9.18 Å². The van der Waals surface area contributed by atoms with Crippen molar-refractivity contribution in [2.75, 3.05) is 7.11 Å².